The molecule has 0 N–H and O–H groups in total. The van der Waals surface area contributed by atoms with Crippen molar-refractivity contribution in [1.82, 2.24) is 0 Å². The Morgan fingerprint density at radius 1 is 0.424 bits per heavy atom. The van der Waals surface area contributed by atoms with Gasteiger partial charge in [0.1, 0.15) is 10.9 Å². The summed E-state index contributed by atoms with van der Waals surface area (Å²) in [6.07, 6.45) is 27.1. The molecule has 1 heterocycles. The second-order valence-corrected chi connectivity index (χ2v) is 29.1. The molecule has 4 aliphatic rings. The third-order valence-corrected chi connectivity index (χ3v) is 33.7. The standard InChI is InChI=1S/C24H45O2P3S4/c30-27(22-16-10-4-1-5-11-17-22)25-28(31,23-18-12-6-2-7-13-19-23)33-29(32,26-27)24-20-14-8-3-9-15-21-24/h22-24H,1-21H2. The van der Waals surface area contributed by atoms with Crippen molar-refractivity contribution in [3.8, 4) is 0 Å². The Kier molecular flexibility index (Phi) is 11.4. The quantitative estimate of drug-likeness (QED) is 0.304. The smallest absolute Gasteiger partial charge is 0.201 e. The van der Waals surface area contributed by atoms with E-state index in [0.717, 1.165) is 0 Å². The summed E-state index contributed by atoms with van der Waals surface area (Å²) in [5.74, 6) is 0. The van der Waals surface area contributed by atoms with Gasteiger partial charge in [-0.25, -0.2) is 0 Å². The van der Waals surface area contributed by atoms with E-state index in [2.05, 4.69) is 0 Å². The van der Waals surface area contributed by atoms with Crippen LogP contribution in [0.25, 0.3) is 0 Å². The zero-order valence-corrected chi connectivity index (χ0v) is 26.3. The van der Waals surface area contributed by atoms with Gasteiger partial charge in [0, 0.05) is 17.0 Å². The summed E-state index contributed by atoms with van der Waals surface area (Å²) in [6.45, 7) is -2.46. The largest absolute Gasteiger partial charge is 0.286 e. The zero-order valence-electron chi connectivity index (χ0n) is 20.4. The molecule has 2 unspecified atom stereocenters. The van der Waals surface area contributed by atoms with Crippen LogP contribution in [0.4, 0.5) is 0 Å². The van der Waals surface area contributed by atoms with Crippen LogP contribution in [0.15, 0.2) is 0 Å². The molecule has 9 heteroatoms. The van der Waals surface area contributed by atoms with Gasteiger partial charge in [-0.1, -0.05) is 120 Å². The van der Waals surface area contributed by atoms with Gasteiger partial charge >= 0.3 is 0 Å². The van der Waals surface area contributed by atoms with E-state index in [1.165, 1.54) is 135 Å². The molecule has 0 radical (unpaired) electrons. The third-order valence-electron chi connectivity index (χ3n) is 8.25. The first-order valence-corrected chi connectivity index (χ1v) is 24.2. The summed E-state index contributed by atoms with van der Waals surface area (Å²) in [4.78, 5) is 0. The van der Waals surface area contributed by atoms with E-state index in [1.807, 2.05) is 11.0 Å². The fraction of sp³-hybridized carbons (Fsp3) is 1.00. The molecule has 2 nitrogen and oxygen atoms in total. The minimum Gasteiger partial charge on any atom is -0.286 e. The molecule has 0 spiro atoms. The van der Waals surface area contributed by atoms with Crippen molar-refractivity contribution in [2.45, 2.75) is 152 Å². The van der Waals surface area contributed by atoms with Crippen LogP contribution in [-0.2, 0) is 44.0 Å². The highest BCUT2D eigenvalue weighted by Crippen LogP contribution is 2.95. The van der Waals surface area contributed by atoms with Crippen LogP contribution < -0.4 is 0 Å². The van der Waals surface area contributed by atoms with Crippen LogP contribution in [0.5, 0.6) is 0 Å². The van der Waals surface area contributed by atoms with Crippen molar-refractivity contribution in [2.75, 3.05) is 0 Å². The van der Waals surface area contributed by atoms with E-state index in [4.69, 9.17) is 44.0 Å². The minimum atomic E-state index is -2.46. The number of rotatable bonds is 3. The molecule has 1 aliphatic heterocycles. The molecule has 0 aromatic heterocycles. The molecule has 3 saturated carbocycles. The lowest BCUT2D eigenvalue weighted by Crippen LogP contribution is -2.21. The lowest BCUT2D eigenvalue weighted by atomic mass is 10.0. The average molecular weight is 587 g/mol. The van der Waals surface area contributed by atoms with Gasteiger partial charge in [-0.15, -0.1) is 0 Å². The van der Waals surface area contributed by atoms with Crippen LogP contribution >= 0.6 is 28.4 Å². The highest BCUT2D eigenvalue weighted by Gasteiger charge is 2.52. The Labute approximate surface area is 223 Å². The van der Waals surface area contributed by atoms with Gasteiger partial charge in [-0.05, 0) is 61.3 Å². The molecular formula is C24H45O2P3S4. The summed E-state index contributed by atoms with van der Waals surface area (Å²) >= 11 is 21.7. The van der Waals surface area contributed by atoms with Crippen LogP contribution in [0.1, 0.15) is 135 Å². The molecule has 33 heavy (non-hydrogen) atoms. The highest BCUT2D eigenvalue weighted by molar-refractivity contribution is 8.99. The Morgan fingerprint density at radius 2 is 0.697 bits per heavy atom. The van der Waals surface area contributed by atoms with E-state index in [-0.39, 0.29) is 0 Å². The summed E-state index contributed by atoms with van der Waals surface area (Å²) in [5.41, 5.74) is -2.89. The second kappa shape index (κ2) is 13.3. The topological polar surface area (TPSA) is 18.5 Å². The van der Waals surface area contributed by atoms with Gasteiger partial charge < -0.3 is 0 Å². The van der Waals surface area contributed by atoms with E-state index >= 15 is 0 Å². The van der Waals surface area contributed by atoms with Crippen LogP contribution in [0.2, 0.25) is 0 Å². The minimum absolute atomic E-state index is 0.389. The zero-order chi connectivity index (χ0) is 23.2. The van der Waals surface area contributed by atoms with Crippen LogP contribution in [0.3, 0.4) is 0 Å². The Hall–Kier alpha value is 2.22. The molecule has 0 bridgehead atoms. The van der Waals surface area contributed by atoms with Crippen LogP contribution in [-0.4, -0.2) is 17.0 Å². The lowest BCUT2D eigenvalue weighted by molar-refractivity contribution is 0.443. The summed E-state index contributed by atoms with van der Waals surface area (Å²) in [6, 6.07) is 0. The second-order valence-electron chi connectivity index (χ2n) is 10.9. The molecule has 4 rings (SSSR count). The van der Waals surface area contributed by atoms with Crippen molar-refractivity contribution in [3.63, 3.8) is 0 Å². The predicted molar refractivity (Wildman–Crippen MR) is 161 cm³/mol. The first-order chi connectivity index (χ1) is 15.9. The SMILES string of the molecule is S=P1(C2CCCCCCC2)OP(=S)(C2CCCCCCC2)SP(=S)(C2CCCCCCC2)O1. The number of hydrogen-bond donors (Lipinski definition) is 0. The van der Waals surface area contributed by atoms with Gasteiger partial charge in [0.15, 0.2) is 0 Å². The van der Waals surface area contributed by atoms with Crippen molar-refractivity contribution in [3.05, 3.63) is 0 Å². The Morgan fingerprint density at radius 3 is 1.03 bits per heavy atom. The van der Waals surface area contributed by atoms with E-state index < -0.39 is 17.4 Å². The fourth-order valence-corrected chi connectivity index (χ4v) is 40.8. The predicted octanol–water partition coefficient (Wildman–Crippen LogP) is 11.0. The first kappa shape index (κ1) is 28.2. The number of hydrogen-bond acceptors (Lipinski definition) is 6. The molecule has 1 saturated heterocycles. The van der Waals surface area contributed by atoms with Crippen LogP contribution in [0, 0.1) is 0 Å². The Bertz CT molecular complexity index is 635. The molecule has 0 aromatic carbocycles. The molecule has 2 atom stereocenters. The molecule has 192 valence electrons. The van der Waals surface area contributed by atoms with E-state index in [0.29, 0.717) is 17.0 Å². The maximum atomic E-state index is 7.13. The Balaban J connectivity index is 1.65. The van der Waals surface area contributed by atoms with Crippen molar-refractivity contribution >= 4 is 63.8 Å². The van der Waals surface area contributed by atoms with Crippen molar-refractivity contribution in [2.24, 2.45) is 0 Å². The maximum absolute atomic E-state index is 7.13. The summed E-state index contributed by atoms with van der Waals surface area (Å²) < 4.78 is 14.3. The molecular weight excluding hydrogens is 541 g/mol. The van der Waals surface area contributed by atoms with E-state index in [1.54, 1.807) is 0 Å². The maximum Gasteiger partial charge on any atom is 0.201 e. The molecule has 3 aliphatic carbocycles. The van der Waals surface area contributed by atoms with Crippen molar-refractivity contribution in [1.29, 1.82) is 0 Å². The fourth-order valence-electron chi connectivity index (χ4n) is 6.17. The highest BCUT2D eigenvalue weighted by atomic mass is 33.2. The van der Waals surface area contributed by atoms with Gasteiger partial charge in [0.2, 0.25) is 6.49 Å². The van der Waals surface area contributed by atoms with Gasteiger partial charge in [-0.2, -0.15) is 0 Å². The molecule has 4 fully saturated rings. The van der Waals surface area contributed by atoms with Gasteiger partial charge in [0.25, 0.3) is 0 Å². The van der Waals surface area contributed by atoms with Gasteiger partial charge in [-0.3, -0.25) is 8.62 Å². The van der Waals surface area contributed by atoms with Crippen molar-refractivity contribution < 1.29 is 8.62 Å². The molecule has 0 amide bonds. The molecule has 0 aromatic rings. The normalized spacial score (nSPS) is 40.0. The summed E-state index contributed by atoms with van der Waals surface area (Å²) in [7, 11) is 0. The monoisotopic (exact) mass is 586 g/mol. The first-order valence-electron chi connectivity index (χ1n) is 13.9. The van der Waals surface area contributed by atoms with Gasteiger partial charge in [0.05, 0.1) is 0 Å². The third kappa shape index (κ3) is 7.63. The van der Waals surface area contributed by atoms with E-state index in [9.17, 15) is 0 Å². The lowest BCUT2D eigenvalue weighted by Gasteiger charge is -2.49. The average Bonchev–Trinajstić information content (AvgIpc) is 2.65. The summed E-state index contributed by atoms with van der Waals surface area (Å²) in [5, 5.41) is 0.